The van der Waals surface area contributed by atoms with Gasteiger partial charge in [-0.15, -0.1) is 11.5 Å². The van der Waals surface area contributed by atoms with Crippen molar-refractivity contribution in [2.45, 2.75) is 41.5 Å². The van der Waals surface area contributed by atoms with Gasteiger partial charge in [-0.1, -0.05) is 123 Å². The summed E-state index contributed by atoms with van der Waals surface area (Å²) in [4.78, 5) is 48.5. The van der Waals surface area contributed by atoms with Gasteiger partial charge in [-0.05, 0) is 98.8 Å². The molecule has 417 valence electrons. The van der Waals surface area contributed by atoms with Crippen LogP contribution < -0.4 is 10.2 Å². The van der Waals surface area contributed by atoms with Crippen molar-refractivity contribution in [3.05, 3.63) is 206 Å². The van der Waals surface area contributed by atoms with E-state index < -0.39 is 7.81 Å². The van der Waals surface area contributed by atoms with E-state index in [0.29, 0.717) is 0 Å². The molecule has 0 unspecified atom stereocenters. The van der Waals surface area contributed by atoms with Crippen LogP contribution in [-0.2, 0) is 48.5 Å². The third-order valence-corrected chi connectivity index (χ3v) is 9.75. The first-order chi connectivity index (χ1) is 37.3. The number of benzene rings is 4. The van der Waals surface area contributed by atoms with E-state index >= 15 is 0 Å². The number of pyridine rings is 6. The van der Waals surface area contributed by atoms with E-state index in [2.05, 4.69) is 48.5 Å². The summed E-state index contributed by atoms with van der Waals surface area (Å²) in [6.45, 7) is 8.26. The Balaban J connectivity index is 0.000000379. The first-order valence-corrected chi connectivity index (χ1v) is 25.6. The molecule has 0 aliphatic carbocycles. The number of allylic oxidation sites excluding steroid dienone is 4. The number of nitrogens with zero attached hydrogens (tertiary/aromatic N) is 8. The van der Waals surface area contributed by atoms with Gasteiger partial charge in [0.2, 0.25) is 0 Å². The average molecular weight is 1290 g/mol. The Morgan fingerprint density at radius 2 is 0.568 bits per heavy atom. The molecule has 6 aromatic heterocycles. The van der Waals surface area contributed by atoms with Gasteiger partial charge in [-0.25, -0.2) is 29.9 Å². The van der Waals surface area contributed by atoms with E-state index in [1.807, 2.05) is 133 Å². The minimum absolute atomic E-state index is 0. The fourth-order valence-electron chi connectivity index (χ4n) is 6.85. The number of aromatic nitrogens is 6. The second-order valence-corrected chi connectivity index (χ2v) is 18.4. The minimum Gasteiger partial charge on any atom is -0.246 e. The Morgan fingerprint density at radius 3 is 0.741 bits per heavy atom. The van der Waals surface area contributed by atoms with E-state index in [0.717, 1.165) is 101 Å². The fraction of sp³-hybridized carbons (Fsp3) is 0.100. The van der Waals surface area contributed by atoms with Crippen molar-refractivity contribution in [1.29, 1.82) is 10.5 Å². The number of hydrogen-bond donors (Lipinski definition) is 0. The van der Waals surface area contributed by atoms with Gasteiger partial charge in [-0.3, -0.25) is 9.59 Å². The molecule has 12 nitrogen and oxygen atoms in total. The van der Waals surface area contributed by atoms with Crippen molar-refractivity contribution in [3.8, 4) is 57.7 Å². The van der Waals surface area contributed by atoms with Gasteiger partial charge in [-0.2, -0.15) is 10.5 Å². The molecule has 0 atom stereocenters. The van der Waals surface area contributed by atoms with E-state index in [1.54, 1.807) is 12.1 Å². The van der Waals surface area contributed by atoms with Crippen LogP contribution in [0.3, 0.4) is 0 Å². The Morgan fingerprint density at radius 1 is 0.383 bits per heavy atom. The van der Waals surface area contributed by atoms with Crippen LogP contribution in [0, 0.1) is 22.7 Å². The molecule has 0 N–H and O–H groups in total. The molecule has 81 heavy (non-hydrogen) atoms. The molecule has 10 rings (SSSR count). The van der Waals surface area contributed by atoms with Gasteiger partial charge in [0.05, 0.1) is 79.8 Å². The summed E-state index contributed by atoms with van der Waals surface area (Å²) in [7, 11) is -10.7. The number of carbonyl (C=O) groups is 2. The summed E-state index contributed by atoms with van der Waals surface area (Å²) < 4.78 is 59.2. The van der Waals surface area contributed by atoms with Crippen LogP contribution in [0.2, 0.25) is 0 Å². The number of para-hydroxylation sites is 4. The molecule has 0 amide bonds. The van der Waals surface area contributed by atoms with E-state index in [1.165, 1.54) is 41.5 Å². The number of halogens is 6. The Bertz CT molecular complexity index is 3450. The largest absolute Gasteiger partial charge is 2.00 e. The third kappa shape index (κ3) is 25.9. The molecule has 10 aromatic rings. The summed E-state index contributed by atoms with van der Waals surface area (Å²) in [5, 5.41) is 39.1. The molecule has 0 saturated carbocycles. The second-order valence-electron chi connectivity index (χ2n) is 16.5. The number of nitriles is 2. The van der Waals surface area contributed by atoms with Crippen LogP contribution in [0.5, 0.6) is 0 Å². The van der Waals surface area contributed by atoms with E-state index in [4.69, 9.17) is 40.4 Å². The predicted octanol–water partition coefficient (Wildman–Crippen LogP) is 15.1. The van der Waals surface area contributed by atoms with Crippen molar-refractivity contribution in [1.82, 2.24) is 29.9 Å². The zero-order valence-electron chi connectivity index (χ0n) is 44.1. The molecule has 6 heterocycles. The zero-order chi connectivity index (χ0) is 58.2. The Hall–Kier alpha value is -8.52. The number of hydrogen-bond acceptors (Lipinski definition) is 12. The SMILES string of the molecule is CC#N.CC#N.CC(=O)/C=C(/C)[O-].CC(=O)/C=C(/C)[O-].F[P-](F)(F)(F)(F)F.[Ru+2].[Ru+].c1cc(-c2ccc3ccccc3n2)nc(-c2ccc3ccccc3n2)c1.c1cc(-c2ccc3ccccc3n2)nc(-c2ccc3ccccc3n2)c1. The summed E-state index contributed by atoms with van der Waals surface area (Å²) >= 11 is 0. The summed E-state index contributed by atoms with van der Waals surface area (Å²) in [6.07, 6.45) is 2.11. The van der Waals surface area contributed by atoms with Crippen molar-refractivity contribution in [3.63, 3.8) is 0 Å². The number of ketones is 2. The first-order valence-electron chi connectivity index (χ1n) is 23.6. The quantitative estimate of drug-likeness (QED) is 0.0501. The van der Waals surface area contributed by atoms with Crippen molar-refractivity contribution in [2.75, 3.05) is 0 Å². The van der Waals surface area contributed by atoms with Crippen molar-refractivity contribution >= 4 is 63.0 Å². The smallest absolute Gasteiger partial charge is 0.246 e. The van der Waals surface area contributed by atoms with Gasteiger partial charge in [0, 0.05) is 35.4 Å². The van der Waals surface area contributed by atoms with E-state index in [-0.39, 0.29) is 62.0 Å². The van der Waals surface area contributed by atoms with Gasteiger partial charge in [0.15, 0.2) is 11.6 Å². The molecule has 0 aliphatic rings. The maximum atomic E-state index is 9.98. The molecule has 0 saturated heterocycles. The van der Waals surface area contributed by atoms with Crippen LogP contribution >= 0.6 is 7.81 Å². The summed E-state index contributed by atoms with van der Waals surface area (Å²) in [5.74, 6) is -0.750. The monoisotopic (exact) mass is 1300 g/mol. The zero-order valence-corrected chi connectivity index (χ0v) is 48.5. The fourth-order valence-corrected chi connectivity index (χ4v) is 6.85. The maximum Gasteiger partial charge on any atom is 2.00 e. The van der Waals surface area contributed by atoms with Gasteiger partial charge >= 0.3 is 71.9 Å². The number of carbonyl (C=O) groups excluding carboxylic acids is 2. The van der Waals surface area contributed by atoms with Crippen molar-refractivity contribution in [2.24, 2.45) is 0 Å². The van der Waals surface area contributed by atoms with E-state index in [9.17, 15) is 45.0 Å². The molecular formula is C60H50F6N8O4PRu2. The Kier molecular flexibility index (Phi) is 26.5. The maximum absolute atomic E-state index is 10.7. The topological polar surface area (TPSA) is 205 Å². The summed E-state index contributed by atoms with van der Waals surface area (Å²) in [5.41, 5.74) is 10.8. The predicted molar refractivity (Wildman–Crippen MR) is 296 cm³/mol. The molecule has 1 radical (unpaired) electrons. The van der Waals surface area contributed by atoms with Crippen LogP contribution in [0.15, 0.2) is 206 Å². The Labute approximate surface area is 489 Å². The van der Waals surface area contributed by atoms with Crippen LogP contribution in [0.25, 0.3) is 89.2 Å². The van der Waals surface area contributed by atoms with Crippen LogP contribution in [0.4, 0.5) is 25.2 Å². The summed E-state index contributed by atoms with van der Waals surface area (Å²) in [6, 6.07) is 64.3. The number of rotatable bonds is 6. The molecule has 0 aliphatic heterocycles. The average Bonchev–Trinajstić information content (AvgIpc) is 3.45. The van der Waals surface area contributed by atoms with Gasteiger partial charge in [0.1, 0.15) is 0 Å². The van der Waals surface area contributed by atoms with Crippen molar-refractivity contribution < 1.29 is 83.9 Å². The second kappa shape index (κ2) is 31.3. The molecule has 4 aromatic carbocycles. The molecule has 21 heteroatoms. The third-order valence-electron chi connectivity index (χ3n) is 9.75. The standard InChI is InChI=1S/2C23H15N3.2C5H8O2.2C2H3N.F6P.2Ru/c2*1-3-8-18-16(6-1)12-14-22(24-18)20-10-5-11-21(26-20)23-15-13-17-7-2-4-9-19(17)25-23;2*1-4(6)3-5(2)7;2*1-2-3;1-7(2,3,4,5)6;;/h2*1-15H;2*3,6H,1-2H3;2*1H3;;;/q;;;;;;-1;+1;+2/p-2/b;;2*4-3-;;;;;. The van der Waals surface area contributed by atoms with Crippen LogP contribution in [-0.4, -0.2) is 41.5 Å². The van der Waals surface area contributed by atoms with Gasteiger partial charge in [0.25, 0.3) is 0 Å². The molecule has 0 bridgehead atoms. The first kappa shape index (κ1) is 68.6. The minimum atomic E-state index is -10.7. The molecule has 0 fully saturated rings. The van der Waals surface area contributed by atoms with Crippen LogP contribution in [0.1, 0.15) is 41.5 Å². The normalized spacial score (nSPS) is 11.3. The van der Waals surface area contributed by atoms with Gasteiger partial charge < -0.3 is 10.2 Å². The number of fused-ring (bicyclic) bond motifs is 4. The molecule has 0 spiro atoms. The molecular weight excluding hydrogens is 1240 g/mol.